The molecule has 1 N–H and O–H groups in total. The Hall–Kier alpha value is -2.44. The molecule has 0 unspecified atom stereocenters. The van der Waals surface area contributed by atoms with Crippen LogP contribution in [0, 0.1) is 5.92 Å². The van der Waals surface area contributed by atoms with E-state index in [-0.39, 0.29) is 6.10 Å². The number of methoxy groups -OCH3 is 1. The Morgan fingerprint density at radius 2 is 1.97 bits per heavy atom. The van der Waals surface area contributed by atoms with Gasteiger partial charge in [-0.25, -0.2) is 0 Å². The number of hydrogen-bond donors (Lipinski definition) is 1. The van der Waals surface area contributed by atoms with Crippen molar-refractivity contribution in [3.8, 4) is 17.2 Å². The second-order valence-electron chi connectivity index (χ2n) is 8.04. The number of benzene rings is 2. The lowest BCUT2D eigenvalue weighted by molar-refractivity contribution is 0.0914. The van der Waals surface area contributed by atoms with E-state index in [9.17, 15) is 0 Å². The second kappa shape index (κ2) is 8.74. The number of fused-ring (bicyclic) bond motifs is 3. The summed E-state index contributed by atoms with van der Waals surface area (Å²) >= 11 is 1.74. The molecule has 0 spiro atoms. The van der Waals surface area contributed by atoms with E-state index in [1.54, 1.807) is 18.4 Å². The Morgan fingerprint density at radius 3 is 2.83 bits per heavy atom. The topological polar surface area (TPSA) is 43.0 Å². The standard InChI is InChI=1S/C24H28N2O3S/c1-27-21-5-3-2-4-20(21)26-11-8-17(9-12-26)14-25-15-18-16-28-22-6-7-23-19(10-13-30-23)24(22)29-18/h2-7,10,13,17-18,25H,8-9,11-12,14-16H2,1H3/t18-/m0/s1. The summed E-state index contributed by atoms with van der Waals surface area (Å²) in [7, 11) is 1.74. The van der Waals surface area contributed by atoms with Gasteiger partial charge in [0, 0.05) is 29.7 Å². The van der Waals surface area contributed by atoms with E-state index in [1.165, 1.54) is 23.2 Å². The highest BCUT2D eigenvalue weighted by molar-refractivity contribution is 7.17. The van der Waals surface area contributed by atoms with Crippen molar-refractivity contribution in [2.24, 2.45) is 5.92 Å². The van der Waals surface area contributed by atoms with Crippen LogP contribution in [0.5, 0.6) is 17.2 Å². The Balaban J connectivity index is 1.10. The van der Waals surface area contributed by atoms with Gasteiger partial charge in [-0.15, -0.1) is 11.3 Å². The van der Waals surface area contributed by atoms with Gasteiger partial charge in [0.25, 0.3) is 0 Å². The molecule has 2 aliphatic rings. The molecular formula is C24H28N2O3S. The quantitative estimate of drug-likeness (QED) is 0.629. The highest BCUT2D eigenvalue weighted by Gasteiger charge is 2.25. The maximum absolute atomic E-state index is 6.29. The lowest BCUT2D eigenvalue weighted by Gasteiger charge is -2.34. The van der Waals surface area contributed by atoms with E-state index in [0.717, 1.165) is 48.8 Å². The molecule has 30 heavy (non-hydrogen) atoms. The van der Waals surface area contributed by atoms with Crippen LogP contribution in [0.3, 0.4) is 0 Å². The first kappa shape index (κ1) is 19.5. The number of piperidine rings is 1. The molecule has 1 aromatic heterocycles. The maximum Gasteiger partial charge on any atom is 0.170 e. The van der Waals surface area contributed by atoms with Gasteiger partial charge in [-0.1, -0.05) is 12.1 Å². The van der Waals surface area contributed by atoms with Crippen LogP contribution < -0.4 is 24.4 Å². The summed E-state index contributed by atoms with van der Waals surface area (Å²) in [6.45, 7) is 4.57. The molecule has 1 atom stereocenters. The summed E-state index contributed by atoms with van der Waals surface area (Å²) in [5, 5.41) is 6.89. The van der Waals surface area contributed by atoms with Crippen LogP contribution in [0.4, 0.5) is 5.69 Å². The number of hydrogen-bond acceptors (Lipinski definition) is 6. The Bertz CT molecular complexity index is 997. The summed E-state index contributed by atoms with van der Waals surface area (Å²) in [4.78, 5) is 2.44. The molecule has 2 aromatic carbocycles. The fourth-order valence-corrected chi connectivity index (χ4v) is 5.22. The molecule has 0 saturated carbocycles. The number of para-hydroxylation sites is 2. The van der Waals surface area contributed by atoms with Crippen LogP contribution in [0.2, 0.25) is 0 Å². The molecule has 3 aromatic rings. The number of ether oxygens (including phenoxy) is 3. The van der Waals surface area contributed by atoms with Crippen molar-refractivity contribution in [1.82, 2.24) is 5.32 Å². The van der Waals surface area contributed by atoms with E-state index >= 15 is 0 Å². The normalized spacial score (nSPS) is 19.2. The molecule has 0 radical (unpaired) electrons. The summed E-state index contributed by atoms with van der Waals surface area (Å²) in [5.74, 6) is 3.41. The van der Waals surface area contributed by atoms with Crippen LogP contribution >= 0.6 is 11.3 Å². The van der Waals surface area contributed by atoms with E-state index in [2.05, 4.69) is 39.9 Å². The fraction of sp³-hybridized carbons (Fsp3) is 0.417. The molecule has 1 fully saturated rings. The van der Waals surface area contributed by atoms with E-state index in [1.807, 2.05) is 18.2 Å². The lowest BCUT2D eigenvalue weighted by Crippen LogP contribution is -2.42. The molecule has 0 amide bonds. The number of nitrogens with zero attached hydrogens (tertiary/aromatic N) is 1. The number of anilines is 1. The number of nitrogens with one attached hydrogen (secondary N) is 1. The maximum atomic E-state index is 6.29. The summed E-state index contributed by atoms with van der Waals surface area (Å²) in [5.41, 5.74) is 1.21. The smallest absolute Gasteiger partial charge is 0.170 e. The minimum Gasteiger partial charge on any atom is -0.495 e. The molecule has 5 nitrogen and oxygen atoms in total. The van der Waals surface area contributed by atoms with Gasteiger partial charge in [0.05, 0.1) is 12.8 Å². The molecule has 2 aliphatic heterocycles. The molecular weight excluding hydrogens is 396 g/mol. The van der Waals surface area contributed by atoms with Crippen LogP contribution in [0.15, 0.2) is 47.8 Å². The average molecular weight is 425 g/mol. The molecule has 3 heterocycles. The molecule has 1 saturated heterocycles. The third kappa shape index (κ3) is 3.94. The third-order valence-corrected chi connectivity index (χ3v) is 6.99. The van der Waals surface area contributed by atoms with E-state index in [0.29, 0.717) is 12.5 Å². The summed E-state index contributed by atoms with van der Waals surface area (Å²) in [6.07, 6.45) is 2.42. The highest BCUT2D eigenvalue weighted by Crippen LogP contribution is 2.40. The molecule has 0 aliphatic carbocycles. The Kier molecular flexibility index (Phi) is 5.69. The first-order valence-corrected chi connectivity index (χ1v) is 11.6. The minimum atomic E-state index is 0.0525. The molecule has 158 valence electrons. The first-order valence-electron chi connectivity index (χ1n) is 10.7. The third-order valence-electron chi connectivity index (χ3n) is 6.10. The monoisotopic (exact) mass is 424 g/mol. The van der Waals surface area contributed by atoms with Gasteiger partial charge < -0.3 is 24.4 Å². The Labute approximate surface area is 181 Å². The van der Waals surface area contributed by atoms with Gasteiger partial charge in [-0.2, -0.15) is 0 Å². The number of rotatable bonds is 6. The van der Waals surface area contributed by atoms with Crippen molar-refractivity contribution in [3.63, 3.8) is 0 Å². The van der Waals surface area contributed by atoms with Crippen molar-refractivity contribution in [1.29, 1.82) is 0 Å². The zero-order valence-corrected chi connectivity index (χ0v) is 18.1. The Morgan fingerprint density at radius 1 is 1.10 bits per heavy atom. The van der Waals surface area contributed by atoms with Crippen LogP contribution in [0.25, 0.3) is 10.1 Å². The first-order chi connectivity index (χ1) is 14.8. The van der Waals surface area contributed by atoms with Crippen molar-refractivity contribution >= 4 is 27.1 Å². The zero-order valence-electron chi connectivity index (χ0n) is 17.3. The summed E-state index contributed by atoms with van der Waals surface area (Å²) < 4.78 is 19.0. The van der Waals surface area contributed by atoms with E-state index < -0.39 is 0 Å². The lowest BCUT2D eigenvalue weighted by atomic mass is 9.96. The van der Waals surface area contributed by atoms with Gasteiger partial charge in [0.2, 0.25) is 0 Å². The average Bonchev–Trinajstić information content (AvgIpc) is 3.29. The fourth-order valence-electron chi connectivity index (χ4n) is 4.43. The highest BCUT2D eigenvalue weighted by atomic mass is 32.1. The van der Waals surface area contributed by atoms with Gasteiger partial charge in [-0.3, -0.25) is 0 Å². The second-order valence-corrected chi connectivity index (χ2v) is 8.98. The predicted octanol–water partition coefficient (Wildman–Crippen LogP) is 4.56. The van der Waals surface area contributed by atoms with Crippen molar-refractivity contribution in [2.45, 2.75) is 18.9 Å². The number of thiophene rings is 1. The van der Waals surface area contributed by atoms with Crippen LogP contribution in [0.1, 0.15) is 12.8 Å². The van der Waals surface area contributed by atoms with Gasteiger partial charge >= 0.3 is 0 Å². The predicted molar refractivity (Wildman–Crippen MR) is 123 cm³/mol. The van der Waals surface area contributed by atoms with Crippen molar-refractivity contribution < 1.29 is 14.2 Å². The molecule has 6 heteroatoms. The van der Waals surface area contributed by atoms with E-state index in [4.69, 9.17) is 14.2 Å². The van der Waals surface area contributed by atoms with Crippen molar-refractivity contribution in [3.05, 3.63) is 47.8 Å². The van der Waals surface area contributed by atoms with Crippen LogP contribution in [-0.2, 0) is 0 Å². The van der Waals surface area contributed by atoms with Crippen molar-refractivity contribution in [2.75, 3.05) is 44.8 Å². The minimum absolute atomic E-state index is 0.0525. The van der Waals surface area contributed by atoms with Gasteiger partial charge in [0.15, 0.2) is 11.5 Å². The van der Waals surface area contributed by atoms with Gasteiger partial charge in [0.1, 0.15) is 18.5 Å². The zero-order chi connectivity index (χ0) is 20.3. The SMILES string of the molecule is COc1ccccc1N1CCC(CNC[C@H]2COc3ccc4sccc4c3O2)CC1. The van der Waals surface area contributed by atoms with Crippen LogP contribution in [-0.4, -0.2) is 46.0 Å². The molecule has 5 rings (SSSR count). The van der Waals surface area contributed by atoms with Gasteiger partial charge in [-0.05, 0) is 61.0 Å². The largest absolute Gasteiger partial charge is 0.495 e. The molecule has 0 bridgehead atoms. The summed E-state index contributed by atoms with van der Waals surface area (Å²) in [6, 6.07) is 14.5.